The van der Waals surface area contributed by atoms with Crippen molar-refractivity contribution in [1.82, 2.24) is 9.97 Å². The fourth-order valence-electron chi connectivity index (χ4n) is 3.46. The first-order valence-electron chi connectivity index (χ1n) is 9.22. The fraction of sp³-hybridized carbons (Fsp3) is 0.227. The number of carboxylic acid groups (broad SMARTS) is 1. The molecule has 0 spiro atoms. The summed E-state index contributed by atoms with van der Waals surface area (Å²) in [5, 5.41) is 10.2. The largest absolute Gasteiger partial charge is 0.480 e. The van der Waals surface area contributed by atoms with E-state index in [4.69, 9.17) is 21.6 Å². The Morgan fingerprint density at radius 2 is 1.71 bits per heavy atom. The normalized spacial score (nSPS) is 14.3. The van der Waals surface area contributed by atoms with Gasteiger partial charge in [-0.1, -0.05) is 65.8 Å². The second-order valence-corrected chi connectivity index (χ2v) is 8.25. The summed E-state index contributed by atoms with van der Waals surface area (Å²) < 4.78 is 0. The molecule has 6 heteroatoms. The average Bonchev–Trinajstić information content (AvgIpc) is 2.72. The Kier molecular flexibility index (Phi) is 5.64. The molecule has 1 N–H and O–H groups in total. The summed E-state index contributed by atoms with van der Waals surface area (Å²) in [5.41, 5.74) is 4.81. The van der Waals surface area contributed by atoms with Crippen molar-refractivity contribution < 1.29 is 9.90 Å². The highest BCUT2D eigenvalue weighted by Gasteiger charge is 2.25. The van der Waals surface area contributed by atoms with Crippen LogP contribution < -0.4 is 0 Å². The van der Waals surface area contributed by atoms with E-state index in [2.05, 4.69) is 0 Å². The highest BCUT2D eigenvalue weighted by Crippen LogP contribution is 2.37. The summed E-state index contributed by atoms with van der Waals surface area (Å²) in [6.07, 6.45) is 4.05. The van der Waals surface area contributed by atoms with Crippen molar-refractivity contribution in [2.45, 2.75) is 36.1 Å². The number of benzene rings is 2. The Morgan fingerprint density at radius 3 is 2.43 bits per heavy atom. The van der Waals surface area contributed by atoms with E-state index in [1.54, 1.807) is 0 Å². The monoisotopic (exact) mass is 410 g/mol. The van der Waals surface area contributed by atoms with Gasteiger partial charge in [0.15, 0.2) is 5.16 Å². The molecule has 0 saturated carbocycles. The number of carbonyl (C=O) groups is 1. The Balaban J connectivity index is 1.76. The van der Waals surface area contributed by atoms with E-state index in [-0.39, 0.29) is 0 Å². The van der Waals surface area contributed by atoms with Crippen molar-refractivity contribution in [3.8, 4) is 11.3 Å². The molecule has 0 bridgehead atoms. The number of rotatable bonds is 5. The predicted octanol–water partition coefficient (Wildman–Crippen LogP) is 5.59. The smallest absolute Gasteiger partial charge is 0.321 e. The van der Waals surface area contributed by atoms with Crippen LogP contribution >= 0.6 is 23.4 Å². The van der Waals surface area contributed by atoms with E-state index in [1.807, 2.05) is 54.6 Å². The molecular weight excluding hydrogens is 392 g/mol. The van der Waals surface area contributed by atoms with Crippen LogP contribution in [-0.2, 0) is 17.6 Å². The summed E-state index contributed by atoms with van der Waals surface area (Å²) in [7, 11) is 0. The molecule has 1 unspecified atom stereocenters. The average molecular weight is 411 g/mol. The van der Waals surface area contributed by atoms with Crippen LogP contribution in [0.2, 0.25) is 5.02 Å². The highest BCUT2D eigenvalue weighted by atomic mass is 35.5. The molecule has 1 aliphatic rings. The van der Waals surface area contributed by atoms with Crippen LogP contribution in [0.15, 0.2) is 59.8 Å². The predicted molar refractivity (Wildman–Crippen MR) is 112 cm³/mol. The molecule has 0 saturated heterocycles. The van der Waals surface area contributed by atoms with Crippen LogP contribution in [0.25, 0.3) is 11.3 Å². The van der Waals surface area contributed by atoms with Gasteiger partial charge in [0.2, 0.25) is 0 Å². The van der Waals surface area contributed by atoms with Crippen LogP contribution in [0.5, 0.6) is 0 Å². The van der Waals surface area contributed by atoms with E-state index in [9.17, 15) is 9.90 Å². The Labute approximate surface area is 173 Å². The third-order valence-electron chi connectivity index (χ3n) is 4.83. The number of hydrogen-bond donors (Lipinski definition) is 1. The number of aromatic nitrogens is 2. The lowest BCUT2D eigenvalue weighted by Gasteiger charge is -2.20. The van der Waals surface area contributed by atoms with Gasteiger partial charge in [-0.05, 0) is 43.4 Å². The zero-order valence-corrected chi connectivity index (χ0v) is 16.7. The van der Waals surface area contributed by atoms with Crippen LogP contribution in [0.3, 0.4) is 0 Å². The van der Waals surface area contributed by atoms with Gasteiger partial charge in [-0.15, -0.1) is 0 Å². The van der Waals surface area contributed by atoms with E-state index < -0.39 is 11.2 Å². The number of hydrogen-bond acceptors (Lipinski definition) is 4. The van der Waals surface area contributed by atoms with Gasteiger partial charge >= 0.3 is 5.97 Å². The maximum atomic E-state index is 11.9. The zero-order chi connectivity index (χ0) is 19.5. The van der Waals surface area contributed by atoms with Gasteiger partial charge in [-0.3, -0.25) is 4.79 Å². The fourth-order valence-corrected chi connectivity index (χ4v) is 4.50. The molecule has 1 heterocycles. The molecule has 1 aromatic heterocycles. The van der Waals surface area contributed by atoms with Crippen molar-refractivity contribution in [1.29, 1.82) is 0 Å². The van der Waals surface area contributed by atoms with Gasteiger partial charge in [0.1, 0.15) is 5.25 Å². The molecule has 4 nitrogen and oxygen atoms in total. The molecule has 0 aliphatic heterocycles. The van der Waals surface area contributed by atoms with Gasteiger partial charge in [-0.25, -0.2) is 9.97 Å². The summed E-state index contributed by atoms with van der Waals surface area (Å²) >= 11 is 7.23. The lowest BCUT2D eigenvalue weighted by Crippen LogP contribution is -2.12. The zero-order valence-electron chi connectivity index (χ0n) is 15.1. The number of aryl methyl sites for hydroxylation is 1. The van der Waals surface area contributed by atoms with Gasteiger partial charge < -0.3 is 5.11 Å². The van der Waals surface area contributed by atoms with Crippen LogP contribution in [0.1, 0.15) is 34.9 Å². The summed E-state index contributed by atoms with van der Waals surface area (Å²) in [5.74, 6) is -0.898. The minimum atomic E-state index is -0.898. The Hall–Kier alpha value is -2.37. The first-order valence-corrected chi connectivity index (χ1v) is 10.5. The SMILES string of the molecule is O=C(O)C(Sc1nc2c(c(-c3ccc(Cl)cc3)n1)CCCC2)c1ccccc1. The molecule has 142 valence electrons. The number of halogens is 1. The number of fused-ring (bicyclic) bond motifs is 1. The van der Waals surface area contributed by atoms with Crippen LogP contribution in [0.4, 0.5) is 0 Å². The molecule has 4 rings (SSSR count). The molecule has 0 radical (unpaired) electrons. The minimum Gasteiger partial charge on any atom is -0.480 e. The molecule has 0 amide bonds. The Bertz CT molecular complexity index is 993. The number of thioether (sulfide) groups is 1. The number of aliphatic carboxylic acids is 1. The van der Waals surface area contributed by atoms with Crippen molar-refractivity contribution in [3.05, 3.63) is 76.4 Å². The lowest BCUT2D eigenvalue weighted by molar-refractivity contribution is -0.136. The molecule has 1 aliphatic carbocycles. The summed E-state index contributed by atoms with van der Waals surface area (Å²) in [6, 6.07) is 16.8. The highest BCUT2D eigenvalue weighted by molar-refractivity contribution is 8.00. The summed E-state index contributed by atoms with van der Waals surface area (Å²) in [4.78, 5) is 21.4. The summed E-state index contributed by atoms with van der Waals surface area (Å²) in [6.45, 7) is 0. The van der Waals surface area contributed by atoms with Crippen molar-refractivity contribution >= 4 is 29.3 Å². The third kappa shape index (κ3) is 4.05. The second kappa shape index (κ2) is 8.33. The first kappa shape index (κ1) is 19.0. The minimum absolute atomic E-state index is 0.502. The number of carboxylic acids is 1. The van der Waals surface area contributed by atoms with Gasteiger partial charge in [0, 0.05) is 21.8 Å². The molecule has 0 fully saturated rings. The third-order valence-corrected chi connectivity index (χ3v) is 6.19. The quantitative estimate of drug-likeness (QED) is 0.438. The van der Waals surface area contributed by atoms with E-state index >= 15 is 0 Å². The Morgan fingerprint density at radius 1 is 1.00 bits per heavy atom. The van der Waals surface area contributed by atoms with E-state index in [0.717, 1.165) is 48.2 Å². The second-order valence-electron chi connectivity index (χ2n) is 6.74. The van der Waals surface area contributed by atoms with Crippen molar-refractivity contribution in [2.24, 2.45) is 0 Å². The molecule has 3 aromatic rings. The maximum absolute atomic E-state index is 11.9. The van der Waals surface area contributed by atoms with Gasteiger partial charge in [0.25, 0.3) is 0 Å². The maximum Gasteiger partial charge on any atom is 0.321 e. The van der Waals surface area contributed by atoms with Crippen LogP contribution in [0, 0.1) is 0 Å². The topological polar surface area (TPSA) is 63.1 Å². The lowest BCUT2D eigenvalue weighted by atomic mass is 9.92. The van der Waals surface area contributed by atoms with Crippen molar-refractivity contribution in [2.75, 3.05) is 0 Å². The standard InChI is InChI=1S/C22H19ClN2O2S/c23-16-12-10-14(11-13-16)19-17-8-4-5-9-18(17)24-22(25-19)28-20(21(26)27)15-6-2-1-3-7-15/h1-3,6-7,10-13,20H,4-5,8-9H2,(H,26,27). The van der Waals surface area contributed by atoms with Crippen molar-refractivity contribution in [3.63, 3.8) is 0 Å². The molecule has 1 atom stereocenters. The van der Waals surface area contributed by atoms with Crippen LogP contribution in [-0.4, -0.2) is 21.0 Å². The number of nitrogens with zero attached hydrogens (tertiary/aromatic N) is 2. The van der Waals surface area contributed by atoms with Gasteiger partial charge in [-0.2, -0.15) is 0 Å². The first-order chi connectivity index (χ1) is 13.6. The van der Waals surface area contributed by atoms with E-state index in [0.29, 0.717) is 10.2 Å². The molecule has 2 aromatic carbocycles. The van der Waals surface area contributed by atoms with E-state index in [1.165, 1.54) is 17.3 Å². The van der Waals surface area contributed by atoms with Gasteiger partial charge in [0.05, 0.1) is 5.69 Å². The molecular formula is C22H19ClN2O2S. The molecule has 28 heavy (non-hydrogen) atoms.